The summed E-state index contributed by atoms with van der Waals surface area (Å²) in [6.45, 7) is 18.0. The highest BCUT2D eigenvalue weighted by Gasteiger charge is 2.50. The van der Waals surface area contributed by atoms with Crippen molar-refractivity contribution in [2.75, 3.05) is 159 Å². The smallest absolute Gasteiger partial charge is 0.264 e. The van der Waals surface area contributed by atoms with Crippen molar-refractivity contribution in [3.05, 3.63) is 211 Å². The number of anilines is 3. The van der Waals surface area contributed by atoms with E-state index in [0.717, 1.165) is 173 Å². The molecule has 6 aliphatic heterocycles. The minimum atomic E-state index is -3.83. The number of ether oxygens (including phenoxy) is 10. The molecular weight excluding hydrogens is 1850 g/mol. The number of fused-ring (bicyclic) bond motifs is 12. The lowest BCUT2D eigenvalue weighted by Crippen LogP contribution is -2.49. The molecule has 3 N–H and O–H groups in total. The summed E-state index contributed by atoms with van der Waals surface area (Å²) in [6.07, 6.45) is 29.8. The zero-order valence-corrected chi connectivity index (χ0v) is 84.5. The fourth-order valence-corrected chi connectivity index (χ4v) is 27.7. The molecule has 24 nitrogen and oxygen atoms in total. The van der Waals surface area contributed by atoms with E-state index in [2.05, 4.69) is 102 Å². The lowest BCUT2D eigenvalue weighted by molar-refractivity contribution is -0.0410. The molecule has 30 heteroatoms. The minimum absolute atomic E-state index is 0.0371. The number of nitrogens with zero attached hydrogens (tertiary/aromatic N) is 3. The Balaban J connectivity index is 0.000000148. The third-order valence-corrected chi connectivity index (χ3v) is 36.8. The van der Waals surface area contributed by atoms with Gasteiger partial charge in [-0.15, -0.1) is 0 Å². The molecule has 6 bridgehead atoms. The summed E-state index contributed by atoms with van der Waals surface area (Å²) >= 11 is 19.3. The average molecular weight is 1990 g/mol. The Morgan fingerprint density at radius 3 is 1.10 bits per heavy atom. The van der Waals surface area contributed by atoms with Crippen LogP contribution in [0.5, 0.6) is 17.2 Å². The molecule has 12 aliphatic rings. The first-order chi connectivity index (χ1) is 65.4. The van der Waals surface area contributed by atoms with Crippen LogP contribution in [0.3, 0.4) is 0 Å². The Bertz CT molecular complexity index is 5480. The van der Waals surface area contributed by atoms with Gasteiger partial charge in [-0.1, -0.05) is 110 Å². The normalized spacial score (nSPS) is 31.3. The molecule has 1 unspecified atom stereocenters. The second-order valence-corrected chi connectivity index (χ2v) is 47.7. The Hall–Kier alpha value is -7.74. The van der Waals surface area contributed by atoms with E-state index in [-0.39, 0.29) is 75.0 Å². The lowest BCUT2D eigenvalue weighted by Gasteiger charge is -2.46. The number of rotatable bonds is 15. The molecule has 6 aromatic rings. The molecule has 17 atom stereocenters. The van der Waals surface area contributed by atoms with Crippen molar-refractivity contribution >= 4 is 105 Å². The third-order valence-electron chi connectivity index (χ3n) is 30.9. The van der Waals surface area contributed by atoms with Gasteiger partial charge >= 0.3 is 0 Å². The number of allylic oxidation sites excluding steroid dienone is 3. The van der Waals surface area contributed by atoms with Crippen molar-refractivity contribution in [3.8, 4) is 17.2 Å². The van der Waals surface area contributed by atoms with Crippen molar-refractivity contribution in [2.45, 2.75) is 183 Å². The molecule has 18 rings (SSSR count). The van der Waals surface area contributed by atoms with Crippen molar-refractivity contribution in [3.63, 3.8) is 0 Å². The topological polar surface area (TPSA) is 275 Å². The summed E-state index contributed by atoms with van der Waals surface area (Å²) in [7, 11) is -5.59. The standard InChI is InChI=1S/C38H51ClN2O6S.2C34H43ClN2O6S/c1-26-7-5-9-35(46-20-19-45-18-17-44-3)32-13-10-30(32)23-41-24-38(16-6-8-28-21-31(39)12-14-33(28)38)25-47-36-15-11-29(22-34(36)41)37(42)40-48(4,43)27(26)2;2*1-23-5-3-7-31(42-16-15-41-2)28-11-8-26(28)19-37-21-34(14-4-6-24-17-27(35)10-12-29(24)34)22-43-32-13-9-25(18-30(32)37)33(38)36-44(39,40)20-23/h5,9,11-12,14-15,21-22,26-27,30,32,35H,4,6-8,10,13,16-20,23-25H2,1-3H3,(H,40,42,43);2*3,7,9-10,12-13,17-18,23,26,28,31H,4-6,8,11,14-16,19-22H2,1-2H3,(H,36,38)/b9-5+;2*7-3+/t26-,27+,30-,32+,35-,38-,48?;23-,26+,28-,31+,34+;23-,26-,28+,31-,34-/m010/s1. The zero-order chi connectivity index (χ0) is 95.7. The number of amides is 3. The van der Waals surface area contributed by atoms with Gasteiger partial charge in [-0.3, -0.25) is 19.1 Å². The first-order valence-electron chi connectivity index (χ1n) is 49.0. The number of methoxy groups -OCH3 is 3. The number of nitrogens with one attached hydrogen (secondary N) is 3. The molecule has 6 aliphatic carbocycles. The van der Waals surface area contributed by atoms with Crippen molar-refractivity contribution in [2.24, 2.45) is 53.3 Å². The Morgan fingerprint density at radius 2 is 0.750 bits per heavy atom. The molecule has 3 fully saturated rings. The summed E-state index contributed by atoms with van der Waals surface area (Å²) in [5.74, 6) is 6.14. The molecule has 136 heavy (non-hydrogen) atoms. The number of hydrogen-bond donors (Lipinski definition) is 3. The maximum Gasteiger partial charge on any atom is 0.264 e. The van der Waals surface area contributed by atoms with Crippen LogP contribution in [0, 0.1) is 53.3 Å². The largest absolute Gasteiger partial charge is 0.490 e. The van der Waals surface area contributed by atoms with E-state index < -0.39 is 41.6 Å². The van der Waals surface area contributed by atoms with Crippen LogP contribution >= 0.6 is 34.8 Å². The van der Waals surface area contributed by atoms with Crippen LogP contribution < -0.4 is 43.1 Å². The van der Waals surface area contributed by atoms with Gasteiger partial charge in [-0.2, -0.15) is 0 Å². The molecule has 0 radical (unpaired) electrons. The lowest BCUT2D eigenvalue weighted by atomic mass is 9.68. The predicted octanol–water partition coefficient (Wildman–Crippen LogP) is 17.3. The molecule has 3 amide bonds. The highest BCUT2D eigenvalue weighted by molar-refractivity contribution is 7.99. The van der Waals surface area contributed by atoms with Crippen LogP contribution in [-0.4, -0.2) is 213 Å². The van der Waals surface area contributed by atoms with Crippen molar-refractivity contribution in [1.82, 2.24) is 14.2 Å². The zero-order valence-electron chi connectivity index (χ0n) is 79.8. The summed E-state index contributed by atoms with van der Waals surface area (Å²) in [5, 5.41) is 1.92. The first kappa shape index (κ1) is 101. The highest BCUT2D eigenvalue weighted by atomic mass is 35.5. The van der Waals surface area contributed by atoms with E-state index in [1.807, 2.05) is 75.4 Å². The number of sulfonamides is 2. The van der Waals surface area contributed by atoms with E-state index in [0.29, 0.717) is 156 Å². The van der Waals surface area contributed by atoms with Gasteiger partial charge in [0.2, 0.25) is 20.0 Å². The van der Waals surface area contributed by atoms with E-state index in [4.69, 9.17) is 82.2 Å². The van der Waals surface area contributed by atoms with Gasteiger partial charge in [0.05, 0.1) is 129 Å². The molecule has 6 aromatic carbocycles. The third kappa shape index (κ3) is 23.8. The van der Waals surface area contributed by atoms with Crippen LogP contribution in [0.4, 0.5) is 17.1 Å². The van der Waals surface area contributed by atoms with Crippen molar-refractivity contribution in [1.29, 1.82) is 0 Å². The first-order valence-corrected chi connectivity index (χ1v) is 55.2. The van der Waals surface area contributed by atoms with Crippen LogP contribution in [0.2, 0.25) is 15.1 Å². The van der Waals surface area contributed by atoms with E-state index in [9.17, 15) is 35.4 Å². The fraction of sp³-hybridized carbons (Fsp3) is 0.566. The Morgan fingerprint density at radius 1 is 0.419 bits per heavy atom. The molecule has 0 aromatic heterocycles. The van der Waals surface area contributed by atoms with Gasteiger partial charge in [0, 0.05) is 114 Å². The minimum Gasteiger partial charge on any atom is -0.490 e. The molecule has 738 valence electrons. The molecule has 0 saturated heterocycles. The van der Waals surface area contributed by atoms with E-state index in [1.54, 1.807) is 51.7 Å². The van der Waals surface area contributed by atoms with E-state index >= 15 is 0 Å². The van der Waals surface area contributed by atoms with Crippen LogP contribution in [-0.2, 0) is 98.4 Å². The number of aryl methyl sites for hydroxylation is 3. The van der Waals surface area contributed by atoms with Gasteiger partial charge in [0.15, 0.2) is 0 Å². The summed E-state index contributed by atoms with van der Waals surface area (Å²) in [5.41, 5.74) is 10.6. The number of carbonyl (C=O) groups is 3. The Labute approximate surface area is 820 Å². The summed E-state index contributed by atoms with van der Waals surface area (Å²) in [6, 6.07) is 34.9. The van der Waals surface area contributed by atoms with Gasteiger partial charge < -0.3 is 62.1 Å². The molecular formula is C106H137Cl3N6O18S3. The van der Waals surface area contributed by atoms with Gasteiger partial charge in [-0.25, -0.2) is 30.5 Å². The van der Waals surface area contributed by atoms with E-state index in [1.165, 1.54) is 33.4 Å². The number of halogens is 3. The van der Waals surface area contributed by atoms with Crippen LogP contribution in [0.15, 0.2) is 146 Å². The highest BCUT2D eigenvalue weighted by Crippen LogP contribution is 2.53. The maximum atomic E-state index is 13.8. The van der Waals surface area contributed by atoms with Crippen LogP contribution in [0.25, 0.3) is 0 Å². The van der Waals surface area contributed by atoms with Crippen LogP contribution in [0.1, 0.15) is 188 Å². The monoisotopic (exact) mass is 1980 g/mol. The summed E-state index contributed by atoms with van der Waals surface area (Å²) in [4.78, 5) is 47.4. The van der Waals surface area contributed by atoms with Gasteiger partial charge in [0.25, 0.3) is 17.7 Å². The average Bonchev–Trinajstić information content (AvgIpc) is 1.57. The van der Waals surface area contributed by atoms with Crippen molar-refractivity contribution < 1.29 is 82.8 Å². The molecule has 3 saturated carbocycles. The quantitative estimate of drug-likeness (QED) is 0.0489. The summed E-state index contributed by atoms with van der Waals surface area (Å²) < 4.78 is 134. The maximum absolute atomic E-state index is 13.8. The second kappa shape index (κ2) is 44.6. The SMILES string of the molecule is C=S1(=O)NC(=O)c2ccc3c(c2)N(C[C@@H]2CC[C@H]2[C@@H](OCCOCCOC)/C=C/C[C@H](C)[C@H]1C)C[C@@]1(CCCc2cc(Cl)ccc21)CO3.COCCO[C@H]1/C=C/C[C@@H](C)CS(=O)(=O)NC(=O)c2ccc3c(c2)N(C[C@@H]2CC[C@H]21)C[C@@]1(CCCc2cc(Cl)ccc21)CO3.COCCO[C@H]1/C=C/C[C@H](C)CS(=O)(=O)NC(=O)c2ccc3c(c2)N(C[C@@H]2CC[C@H]21)C[C@@]1(CCCc2cc(Cl)ccc21)CO3. The van der Waals surface area contributed by atoms with Gasteiger partial charge in [0.1, 0.15) is 17.2 Å². The fourth-order valence-electron chi connectivity index (χ4n) is 22.9. The second-order valence-electron chi connectivity index (χ2n) is 40.4. The number of carbonyl (C=O) groups excluding carboxylic acids is 3. The molecule has 3 spiro atoms. The molecule has 6 heterocycles. The number of hydrogen-bond acceptors (Lipinski definition) is 21. The van der Waals surface area contributed by atoms with Gasteiger partial charge in [-0.05, 0) is 306 Å². The number of benzene rings is 6. The predicted molar refractivity (Wildman–Crippen MR) is 538 cm³/mol. The Kier molecular flexibility index (Phi) is 33.2.